The summed E-state index contributed by atoms with van der Waals surface area (Å²) in [6.07, 6.45) is 0. The van der Waals surface area contributed by atoms with Crippen LogP contribution in [0.2, 0.25) is 0 Å². The van der Waals surface area contributed by atoms with Gasteiger partial charge in [0.25, 0.3) is 6.47 Å². The first-order valence-electron chi connectivity index (χ1n) is 6.25. The predicted octanol–water partition coefficient (Wildman–Crippen LogP) is 1.64. The molecule has 1 rings (SSSR count). The highest BCUT2D eigenvalue weighted by atomic mass is 28.4. The number of carboxylic acid groups (broad SMARTS) is 1. The van der Waals surface area contributed by atoms with Gasteiger partial charge in [-0.3, -0.25) is 4.79 Å². The number of hydrogen-bond donors (Lipinski definition) is 1. The predicted molar refractivity (Wildman–Crippen MR) is 75.4 cm³/mol. The van der Waals surface area contributed by atoms with Crippen LogP contribution in [0.3, 0.4) is 0 Å². The van der Waals surface area contributed by atoms with Crippen LogP contribution in [0, 0.1) is 0 Å². The average Bonchev–Trinajstić information content (AvgIpc) is 2.41. The molecule has 0 heterocycles. The fourth-order valence-electron chi connectivity index (χ4n) is 1.59. The van der Waals surface area contributed by atoms with E-state index in [1.165, 1.54) is 0 Å². The summed E-state index contributed by atoms with van der Waals surface area (Å²) in [5, 5.41) is 7.92. The van der Waals surface area contributed by atoms with E-state index in [0.29, 0.717) is 19.8 Å². The third-order valence-electron chi connectivity index (χ3n) is 2.13. The number of hydrogen-bond acceptors (Lipinski definition) is 4. The highest BCUT2D eigenvalue weighted by Gasteiger charge is 2.42. The van der Waals surface area contributed by atoms with Crippen LogP contribution in [0.4, 0.5) is 0 Å². The lowest BCUT2D eigenvalue weighted by Crippen LogP contribution is -2.56. The quantitative estimate of drug-likeness (QED) is 0.610. The molecule has 0 aliphatic heterocycles. The summed E-state index contributed by atoms with van der Waals surface area (Å²) >= 11 is 0. The maximum Gasteiger partial charge on any atom is 0.537 e. The second kappa shape index (κ2) is 10.7. The fourth-order valence-corrected chi connectivity index (χ4v) is 4.08. The van der Waals surface area contributed by atoms with Crippen molar-refractivity contribution in [3.63, 3.8) is 0 Å². The topological polar surface area (TPSA) is 65.0 Å². The fraction of sp³-hybridized carbons (Fsp3) is 0.462. The first kappa shape index (κ1) is 17.8. The molecule has 108 valence electrons. The summed E-state index contributed by atoms with van der Waals surface area (Å²) in [7, 11) is -2.67. The van der Waals surface area contributed by atoms with Crippen molar-refractivity contribution in [3.8, 4) is 0 Å². The van der Waals surface area contributed by atoms with Gasteiger partial charge in [0, 0.05) is 25.0 Å². The van der Waals surface area contributed by atoms with Gasteiger partial charge in [0.1, 0.15) is 0 Å². The Balaban J connectivity index is 0.000000982. The maximum absolute atomic E-state index is 8.36. The van der Waals surface area contributed by atoms with Crippen molar-refractivity contribution in [1.82, 2.24) is 0 Å². The van der Waals surface area contributed by atoms with Crippen molar-refractivity contribution in [2.24, 2.45) is 0 Å². The number of benzene rings is 1. The minimum absolute atomic E-state index is 0.250. The van der Waals surface area contributed by atoms with Gasteiger partial charge in [-0.25, -0.2) is 0 Å². The highest BCUT2D eigenvalue weighted by Crippen LogP contribution is 2.10. The van der Waals surface area contributed by atoms with Crippen molar-refractivity contribution >= 4 is 20.5 Å². The van der Waals surface area contributed by atoms with Crippen LogP contribution >= 0.6 is 0 Å². The Bertz CT molecular complexity index is 314. The van der Waals surface area contributed by atoms with Gasteiger partial charge in [-0.05, 0) is 20.8 Å². The van der Waals surface area contributed by atoms with Gasteiger partial charge in [-0.1, -0.05) is 30.3 Å². The van der Waals surface area contributed by atoms with E-state index in [1.54, 1.807) is 0 Å². The summed E-state index contributed by atoms with van der Waals surface area (Å²) in [6, 6.07) is 9.95. The van der Waals surface area contributed by atoms with E-state index in [9.17, 15) is 0 Å². The molecular weight excluding hydrogens is 264 g/mol. The average molecular weight is 286 g/mol. The van der Waals surface area contributed by atoms with Crippen molar-refractivity contribution in [1.29, 1.82) is 0 Å². The lowest BCUT2D eigenvalue weighted by molar-refractivity contribution is -0.122. The van der Waals surface area contributed by atoms with Crippen LogP contribution in [-0.2, 0) is 18.1 Å². The molecule has 0 bridgehead atoms. The Morgan fingerprint density at radius 2 is 1.37 bits per heavy atom. The summed E-state index contributed by atoms with van der Waals surface area (Å²) in [5.74, 6) is 0. The van der Waals surface area contributed by atoms with E-state index in [0.717, 1.165) is 5.19 Å². The van der Waals surface area contributed by atoms with E-state index >= 15 is 0 Å². The summed E-state index contributed by atoms with van der Waals surface area (Å²) in [6.45, 7) is 7.43. The van der Waals surface area contributed by atoms with Crippen molar-refractivity contribution in [2.75, 3.05) is 19.8 Å². The van der Waals surface area contributed by atoms with Gasteiger partial charge in [0.05, 0.1) is 0 Å². The largest absolute Gasteiger partial charge is 0.537 e. The first-order valence-corrected chi connectivity index (χ1v) is 7.98. The molecule has 1 N–H and O–H groups in total. The van der Waals surface area contributed by atoms with Gasteiger partial charge in [-0.2, -0.15) is 0 Å². The van der Waals surface area contributed by atoms with Crippen molar-refractivity contribution < 1.29 is 23.2 Å². The van der Waals surface area contributed by atoms with E-state index in [2.05, 4.69) is 0 Å². The third kappa shape index (κ3) is 5.97. The molecule has 0 aliphatic carbocycles. The SMILES string of the molecule is CCO[Si](OCC)(OCC)c1ccccc1.O=CO. The van der Waals surface area contributed by atoms with E-state index in [-0.39, 0.29) is 6.47 Å². The molecule has 1 aromatic carbocycles. The lowest BCUT2D eigenvalue weighted by atomic mass is 10.4. The second-order valence-electron chi connectivity index (χ2n) is 3.33. The van der Waals surface area contributed by atoms with Crippen LogP contribution in [0.25, 0.3) is 0 Å². The van der Waals surface area contributed by atoms with Gasteiger partial charge >= 0.3 is 8.80 Å². The molecule has 19 heavy (non-hydrogen) atoms. The van der Waals surface area contributed by atoms with Crippen LogP contribution in [-0.4, -0.2) is 40.2 Å². The second-order valence-corrected chi connectivity index (χ2v) is 5.88. The molecule has 0 atom stereocenters. The van der Waals surface area contributed by atoms with Crippen LogP contribution in [0.1, 0.15) is 20.8 Å². The molecule has 0 aromatic heterocycles. The molecule has 5 nitrogen and oxygen atoms in total. The molecule has 0 fully saturated rings. The molecular formula is C13H22O5Si. The summed E-state index contributed by atoms with van der Waals surface area (Å²) in [4.78, 5) is 8.36. The standard InChI is InChI=1S/C12H20O3Si.CH2O2/c1-4-13-16(14-5-2,15-6-3)12-10-8-7-9-11-12;2-1-3/h7-11H,4-6H2,1-3H3;1H,(H,2,3). The zero-order chi connectivity index (χ0) is 14.6. The van der Waals surface area contributed by atoms with E-state index in [1.807, 2.05) is 51.1 Å². The normalized spacial score (nSPS) is 10.5. The molecule has 0 saturated carbocycles. The van der Waals surface area contributed by atoms with Crippen LogP contribution in [0.5, 0.6) is 0 Å². The monoisotopic (exact) mass is 286 g/mol. The molecule has 0 unspecified atom stereocenters. The number of rotatable bonds is 7. The Morgan fingerprint density at radius 3 is 1.68 bits per heavy atom. The molecule has 6 heteroatoms. The Kier molecular flexibility index (Phi) is 10.0. The third-order valence-corrected chi connectivity index (χ3v) is 5.18. The van der Waals surface area contributed by atoms with Gasteiger partial charge in [0.15, 0.2) is 0 Å². The molecule has 1 aromatic rings. The highest BCUT2D eigenvalue weighted by molar-refractivity contribution is 6.75. The van der Waals surface area contributed by atoms with Gasteiger partial charge in [-0.15, -0.1) is 0 Å². The first-order chi connectivity index (χ1) is 9.20. The summed E-state index contributed by atoms with van der Waals surface area (Å²) < 4.78 is 17.4. The minimum atomic E-state index is -2.67. The summed E-state index contributed by atoms with van der Waals surface area (Å²) in [5.41, 5.74) is 0. The molecule has 0 saturated heterocycles. The van der Waals surface area contributed by atoms with Crippen LogP contribution < -0.4 is 5.19 Å². The molecule has 0 aliphatic rings. The van der Waals surface area contributed by atoms with Crippen molar-refractivity contribution in [3.05, 3.63) is 30.3 Å². The molecule has 0 amide bonds. The van der Waals surface area contributed by atoms with E-state index in [4.69, 9.17) is 23.2 Å². The van der Waals surface area contributed by atoms with Gasteiger partial charge in [0.2, 0.25) is 0 Å². The van der Waals surface area contributed by atoms with Gasteiger partial charge < -0.3 is 18.4 Å². The zero-order valence-electron chi connectivity index (χ0n) is 11.7. The van der Waals surface area contributed by atoms with E-state index < -0.39 is 8.80 Å². The Morgan fingerprint density at radius 1 is 1.00 bits per heavy atom. The van der Waals surface area contributed by atoms with Crippen molar-refractivity contribution in [2.45, 2.75) is 20.8 Å². The maximum atomic E-state index is 8.36. The zero-order valence-corrected chi connectivity index (χ0v) is 12.7. The Hall–Kier alpha value is -1.21. The Labute approximate surface area is 115 Å². The van der Waals surface area contributed by atoms with Crippen LogP contribution in [0.15, 0.2) is 30.3 Å². The minimum Gasteiger partial charge on any atom is -0.483 e. The number of carbonyl (C=O) groups is 1. The lowest BCUT2D eigenvalue weighted by Gasteiger charge is -2.28. The molecule has 0 radical (unpaired) electrons. The molecule has 0 spiro atoms. The smallest absolute Gasteiger partial charge is 0.483 e.